The van der Waals surface area contributed by atoms with Crippen molar-refractivity contribution >= 4 is 29.3 Å². The van der Waals surface area contributed by atoms with E-state index in [9.17, 15) is 4.79 Å². The summed E-state index contributed by atoms with van der Waals surface area (Å²) in [6.07, 6.45) is 4.70. The van der Waals surface area contributed by atoms with Gasteiger partial charge >= 0.3 is 0 Å². The number of nitrogens with two attached hydrogens (primary N) is 1. The largest absolute Gasteiger partial charge is 0.366 e. The van der Waals surface area contributed by atoms with E-state index in [1.54, 1.807) is 6.07 Å². The minimum Gasteiger partial charge on any atom is -0.366 e. The lowest BCUT2D eigenvalue weighted by Crippen LogP contribution is -2.09. The molecule has 0 aromatic carbocycles. The number of rotatable bonds is 3. The number of aromatic nitrogens is 4. The molecule has 0 aliphatic rings. The van der Waals surface area contributed by atoms with Crippen molar-refractivity contribution in [2.24, 2.45) is 5.73 Å². The van der Waals surface area contributed by atoms with Gasteiger partial charge in [0.05, 0.1) is 11.8 Å². The van der Waals surface area contributed by atoms with E-state index in [2.05, 4.69) is 15.1 Å². The van der Waals surface area contributed by atoms with Gasteiger partial charge in [-0.05, 0) is 6.26 Å². The number of thioether (sulfide) groups is 1. The van der Waals surface area contributed by atoms with Gasteiger partial charge in [0, 0.05) is 12.3 Å². The molecule has 0 bridgehead atoms. The van der Waals surface area contributed by atoms with Gasteiger partial charge in [-0.25, -0.2) is 14.6 Å². The Hall–Kier alpha value is -1.60. The van der Waals surface area contributed by atoms with E-state index >= 15 is 0 Å². The predicted octanol–water partition coefficient (Wildman–Crippen LogP) is 1.14. The van der Waals surface area contributed by atoms with Gasteiger partial charge < -0.3 is 5.73 Å². The van der Waals surface area contributed by atoms with E-state index in [-0.39, 0.29) is 0 Å². The van der Waals surface area contributed by atoms with Crippen molar-refractivity contribution in [3.8, 4) is 5.82 Å². The van der Waals surface area contributed by atoms with Crippen molar-refractivity contribution in [2.45, 2.75) is 5.16 Å². The first-order valence-corrected chi connectivity index (χ1v) is 6.14. The van der Waals surface area contributed by atoms with Gasteiger partial charge in [-0.15, -0.1) is 0 Å². The second-order valence-corrected chi connectivity index (χ2v) is 4.23. The summed E-state index contributed by atoms with van der Waals surface area (Å²) in [6.45, 7) is 0. The highest BCUT2D eigenvalue weighted by Gasteiger charge is 2.08. The molecule has 2 aromatic heterocycles. The van der Waals surface area contributed by atoms with Crippen molar-refractivity contribution in [3.63, 3.8) is 0 Å². The van der Waals surface area contributed by atoms with Crippen LogP contribution in [0.3, 0.4) is 0 Å². The molecule has 0 atom stereocenters. The Bertz CT molecular complexity index is 570. The van der Waals surface area contributed by atoms with Crippen LogP contribution in [0.5, 0.6) is 0 Å². The van der Waals surface area contributed by atoms with Crippen LogP contribution in [-0.2, 0) is 0 Å². The smallest absolute Gasteiger partial charge is 0.251 e. The fourth-order valence-electron chi connectivity index (χ4n) is 1.17. The Kier molecular flexibility index (Phi) is 3.30. The van der Waals surface area contributed by atoms with Crippen molar-refractivity contribution in [1.82, 2.24) is 19.7 Å². The molecule has 2 aromatic rings. The summed E-state index contributed by atoms with van der Waals surface area (Å²) in [5, 5.41) is 4.83. The van der Waals surface area contributed by atoms with Gasteiger partial charge in [0.1, 0.15) is 5.15 Å². The number of amides is 1. The minimum absolute atomic E-state index is 0.311. The van der Waals surface area contributed by atoms with Crippen molar-refractivity contribution < 1.29 is 4.79 Å². The Balaban J connectivity index is 2.44. The standard InChI is InChI=1S/C9H8ClN5OS/c1-17-9-13-6(10)2-7(14-9)15-4-5(3-12-15)8(11)16/h2-4H,1H3,(H2,11,16). The zero-order valence-corrected chi connectivity index (χ0v) is 10.4. The zero-order valence-electron chi connectivity index (χ0n) is 8.79. The molecule has 17 heavy (non-hydrogen) atoms. The molecule has 0 aliphatic heterocycles. The molecule has 2 heterocycles. The normalized spacial score (nSPS) is 10.5. The molecule has 1 amide bonds. The first-order valence-electron chi connectivity index (χ1n) is 4.53. The van der Waals surface area contributed by atoms with Gasteiger partial charge in [-0.1, -0.05) is 23.4 Å². The first kappa shape index (κ1) is 11.9. The fraction of sp³-hybridized carbons (Fsp3) is 0.111. The maximum Gasteiger partial charge on any atom is 0.251 e. The molecule has 0 spiro atoms. The number of nitrogens with zero attached hydrogens (tertiary/aromatic N) is 4. The average Bonchev–Trinajstić information content (AvgIpc) is 2.77. The summed E-state index contributed by atoms with van der Waals surface area (Å²) in [4.78, 5) is 19.2. The second kappa shape index (κ2) is 4.72. The quantitative estimate of drug-likeness (QED) is 0.513. The maximum absolute atomic E-state index is 10.9. The van der Waals surface area contributed by atoms with Gasteiger partial charge in [0.25, 0.3) is 5.91 Å². The third-order valence-corrected chi connectivity index (χ3v) is 2.69. The second-order valence-electron chi connectivity index (χ2n) is 3.07. The van der Waals surface area contributed by atoms with Crippen molar-refractivity contribution in [1.29, 1.82) is 0 Å². The molecule has 0 aliphatic carbocycles. The van der Waals surface area contributed by atoms with Gasteiger partial charge in [0.15, 0.2) is 11.0 Å². The predicted molar refractivity (Wildman–Crippen MR) is 64.5 cm³/mol. The van der Waals surface area contributed by atoms with Gasteiger partial charge in [-0.3, -0.25) is 4.79 Å². The first-order chi connectivity index (χ1) is 8.10. The van der Waals surface area contributed by atoms with Crippen LogP contribution in [0.2, 0.25) is 5.15 Å². The van der Waals surface area contributed by atoms with E-state index in [4.69, 9.17) is 17.3 Å². The Morgan fingerprint density at radius 1 is 1.53 bits per heavy atom. The number of hydrogen-bond donors (Lipinski definition) is 1. The van der Waals surface area contributed by atoms with Gasteiger partial charge in [-0.2, -0.15) is 5.10 Å². The molecule has 0 radical (unpaired) electrons. The average molecular weight is 270 g/mol. The van der Waals surface area contributed by atoms with Crippen LogP contribution in [0.1, 0.15) is 10.4 Å². The lowest BCUT2D eigenvalue weighted by Gasteiger charge is -2.02. The molecule has 6 nitrogen and oxygen atoms in total. The molecule has 0 saturated heterocycles. The summed E-state index contributed by atoms with van der Waals surface area (Å²) in [5.74, 6) is -0.0525. The van der Waals surface area contributed by atoms with E-state index in [0.29, 0.717) is 21.7 Å². The highest BCUT2D eigenvalue weighted by molar-refractivity contribution is 7.98. The fourth-order valence-corrected chi connectivity index (χ4v) is 1.77. The lowest BCUT2D eigenvalue weighted by molar-refractivity contribution is 0.100. The minimum atomic E-state index is -0.540. The highest BCUT2D eigenvalue weighted by atomic mass is 35.5. The van der Waals surface area contributed by atoms with E-state index in [0.717, 1.165) is 0 Å². The third kappa shape index (κ3) is 2.56. The SMILES string of the molecule is CSc1nc(Cl)cc(-n2cc(C(N)=O)cn2)n1. The molecule has 8 heteroatoms. The monoisotopic (exact) mass is 269 g/mol. The number of halogens is 1. The Morgan fingerprint density at radius 3 is 2.88 bits per heavy atom. The van der Waals surface area contributed by atoms with Crippen molar-refractivity contribution in [3.05, 3.63) is 29.2 Å². The number of hydrogen-bond acceptors (Lipinski definition) is 5. The molecule has 0 saturated carbocycles. The number of carbonyl (C=O) groups is 1. The summed E-state index contributed by atoms with van der Waals surface area (Å²) in [5.41, 5.74) is 5.45. The Labute approximate surface area is 106 Å². The third-order valence-electron chi connectivity index (χ3n) is 1.95. The van der Waals surface area contributed by atoms with Crippen LogP contribution in [0, 0.1) is 0 Å². The van der Waals surface area contributed by atoms with E-state index < -0.39 is 5.91 Å². The van der Waals surface area contributed by atoms with Crippen molar-refractivity contribution in [2.75, 3.05) is 6.26 Å². The highest BCUT2D eigenvalue weighted by Crippen LogP contribution is 2.16. The summed E-state index contributed by atoms with van der Waals surface area (Å²) >= 11 is 7.22. The van der Waals surface area contributed by atoms with Crippen LogP contribution < -0.4 is 5.73 Å². The zero-order chi connectivity index (χ0) is 12.4. The number of primary amides is 1. The molecule has 88 valence electrons. The molecule has 0 unspecified atom stereocenters. The van der Waals surface area contributed by atoms with Crippen LogP contribution >= 0.6 is 23.4 Å². The van der Waals surface area contributed by atoms with Crippen LogP contribution in [-0.4, -0.2) is 31.9 Å². The van der Waals surface area contributed by atoms with E-state index in [1.165, 1.54) is 28.8 Å². The molecule has 2 N–H and O–H groups in total. The maximum atomic E-state index is 10.9. The van der Waals surface area contributed by atoms with Crippen LogP contribution in [0.4, 0.5) is 0 Å². The number of carbonyl (C=O) groups excluding carboxylic acids is 1. The molecular weight excluding hydrogens is 262 g/mol. The molecular formula is C9H8ClN5OS. The molecule has 0 fully saturated rings. The lowest BCUT2D eigenvalue weighted by atomic mass is 10.3. The Morgan fingerprint density at radius 2 is 2.29 bits per heavy atom. The topological polar surface area (TPSA) is 86.7 Å². The van der Waals surface area contributed by atoms with Crippen LogP contribution in [0.25, 0.3) is 5.82 Å². The summed E-state index contributed by atoms with van der Waals surface area (Å²) < 4.78 is 1.42. The van der Waals surface area contributed by atoms with E-state index in [1.807, 2.05) is 6.26 Å². The summed E-state index contributed by atoms with van der Waals surface area (Å²) in [7, 11) is 0. The molecule has 2 rings (SSSR count). The van der Waals surface area contributed by atoms with Crippen LogP contribution in [0.15, 0.2) is 23.6 Å². The van der Waals surface area contributed by atoms with Gasteiger partial charge in [0.2, 0.25) is 0 Å². The summed E-state index contributed by atoms with van der Waals surface area (Å²) in [6, 6.07) is 1.55.